The molecule has 0 aliphatic carbocycles. The van der Waals surface area contributed by atoms with Crippen LogP contribution in [0.3, 0.4) is 0 Å². The Morgan fingerprint density at radius 2 is 1.12 bits per heavy atom. The predicted molar refractivity (Wildman–Crippen MR) is 121 cm³/mol. The summed E-state index contributed by atoms with van der Waals surface area (Å²) in [7, 11) is 3.26. The lowest BCUT2D eigenvalue weighted by Gasteiger charge is -2.07. The summed E-state index contributed by atoms with van der Waals surface area (Å²) in [6, 6.07) is 9.51. The average Bonchev–Trinajstić information content (AvgIpc) is 2.84. The Labute approximate surface area is 197 Å². The number of methoxy groups -OCH3 is 2. The van der Waals surface area contributed by atoms with Crippen LogP contribution in [0.5, 0.6) is 0 Å². The Kier molecular flexibility index (Phi) is 25.3. The molecule has 0 radical (unpaired) electrons. The minimum atomic E-state index is -0.383. The molecule has 0 unspecified atom stereocenters. The molecule has 0 aliphatic heterocycles. The zero-order valence-corrected chi connectivity index (χ0v) is 19.9. The van der Waals surface area contributed by atoms with Gasteiger partial charge in [0, 0.05) is 14.2 Å². The van der Waals surface area contributed by atoms with E-state index in [4.69, 9.17) is 43.0 Å². The van der Waals surface area contributed by atoms with E-state index in [1.807, 2.05) is 30.3 Å². The number of aliphatic hydroxyl groups excluding tert-OH is 1. The maximum absolute atomic E-state index is 11.4. The van der Waals surface area contributed by atoms with Crippen molar-refractivity contribution in [3.05, 3.63) is 35.9 Å². The molecule has 1 aromatic rings. The monoisotopic (exact) mass is 476 g/mol. The molecule has 1 N–H and O–H groups in total. The van der Waals surface area contributed by atoms with E-state index in [0.29, 0.717) is 72.7 Å². The highest BCUT2D eigenvalue weighted by molar-refractivity contribution is 5.70. The number of benzene rings is 1. The lowest BCUT2D eigenvalue weighted by atomic mass is 10.2. The standard InChI is InChI=1S/C16H24O6.C7H16O4/c1-18-7-8-19-9-10-20-11-12-21-14-16(17)22-13-15-5-3-2-4-6-15;1-9-4-5-11-7-6-10-3-2-8/h2-6H,7-14H2,1H3;8H,2-7H2,1H3. The van der Waals surface area contributed by atoms with Crippen molar-refractivity contribution in [2.45, 2.75) is 6.61 Å². The fraction of sp³-hybridized carbons (Fsp3) is 0.696. The minimum Gasteiger partial charge on any atom is -0.459 e. The first-order valence-electron chi connectivity index (χ1n) is 10.9. The summed E-state index contributed by atoms with van der Waals surface area (Å²) in [5, 5.41) is 8.32. The van der Waals surface area contributed by atoms with Gasteiger partial charge in [-0.15, -0.1) is 0 Å². The van der Waals surface area contributed by atoms with Crippen LogP contribution in [0.1, 0.15) is 5.56 Å². The van der Waals surface area contributed by atoms with Gasteiger partial charge in [0.1, 0.15) is 13.2 Å². The first-order chi connectivity index (χ1) is 16.2. The normalized spacial score (nSPS) is 10.5. The van der Waals surface area contributed by atoms with Crippen LogP contribution < -0.4 is 0 Å². The third-order valence-electron chi connectivity index (χ3n) is 3.68. The van der Waals surface area contributed by atoms with E-state index in [-0.39, 0.29) is 25.8 Å². The topological polar surface area (TPSA) is 111 Å². The molecule has 0 saturated heterocycles. The maximum Gasteiger partial charge on any atom is 0.332 e. The van der Waals surface area contributed by atoms with Crippen LogP contribution in [-0.4, -0.2) is 111 Å². The van der Waals surface area contributed by atoms with Crippen LogP contribution in [0.4, 0.5) is 0 Å². The van der Waals surface area contributed by atoms with Gasteiger partial charge in [-0.1, -0.05) is 30.3 Å². The molecule has 33 heavy (non-hydrogen) atoms. The molecule has 0 bridgehead atoms. The zero-order valence-electron chi connectivity index (χ0n) is 19.9. The Bertz CT molecular complexity index is 507. The molecule has 0 heterocycles. The zero-order chi connectivity index (χ0) is 24.2. The third kappa shape index (κ3) is 24.8. The van der Waals surface area contributed by atoms with Crippen molar-refractivity contribution in [3.8, 4) is 0 Å². The summed E-state index contributed by atoms with van der Waals surface area (Å²) >= 11 is 0. The van der Waals surface area contributed by atoms with Crippen LogP contribution in [0.2, 0.25) is 0 Å². The van der Waals surface area contributed by atoms with Crippen LogP contribution >= 0.6 is 0 Å². The lowest BCUT2D eigenvalue weighted by molar-refractivity contribution is -0.150. The van der Waals surface area contributed by atoms with E-state index in [0.717, 1.165) is 5.56 Å². The van der Waals surface area contributed by atoms with E-state index < -0.39 is 0 Å². The largest absolute Gasteiger partial charge is 0.459 e. The highest BCUT2D eigenvalue weighted by atomic mass is 16.6. The van der Waals surface area contributed by atoms with E-state index in [9.17, 15) is 4.79 Å². The predicted octanol–water partition coefficient (Wildman–Crippen LogP) is 1.08. The molecule has 0 spiro atoms. The van der Waals surface area contributed by atoms with Gasteiger partial charge in [-0.05, 0) is 5.56 Å². The fourth-order valence-corrected chi connectivity index (χ4v) is 2.05. The molecule has 0 atom stereocenters. The van der Waals surface area contributed by atoms with Crippen molar-refractivity contribution in [2.24, 2.45) is 0 Å². The Balaban J connectivity index is 0.000000785. The molecule has 0 amide bonds. The van der Waals surface area contributed by atoms with Crippen molar-refractivity contribution in [2.75, 3.05) is 100 Å². The molecule has 10 heteroatoms. The number of rotatable bonds is 21. The third-order valence-corrected chi connectivity index (χ3v) is 3.68. The molecule has 192 valence electrons. The number of carbonyl (C=O) groups is 1. The highest BCUT2D eigenvalue weighted by Gasteiger charge is 2.03. The lowest BCUT2D eigenvalue weighted by Crippen LogP contribution is -2.16. The Morgan fingerprint density at radius 3 is 1.61 bits per heavy atom. The summed E-state index contributed by atoms with van der Waals surface area (Å²) in [6.07, 6.45) is 0. The summed E-state index contributed by atoms with van der Waals surface area (Å²) in [6.45, 7) is 5.85. The molecule has 10 nitrogen and oxygen atoms in total. The number of esters is 1. The maximum atomic E-state index is 11.4. The van der Waals surface area contributed by atoms with Gasteiger partial charge in [-0.2, -0.15) is 0 Å². The number of ether oxygens (including phenoxy) is 8. The van der Waals surface area contributed by atoms with Gasteiger partial charge in [-0.3, -0.25) is 0 Å². The first-order valence-corrected chi connectivity index (χ1v) is 10.9. The molecule has 1 aromatic carbocycles. The SMILES string of the molecule is COCCOCCOCCO.COCCOCCOCCOCC(=O)OCc1ccccc1. The molecular weight excluding hydrogens is 436 g/mol. The molecule has 0 fully saturated rings. The van der Waals surface area contributed by atoms with Gasteiger partial charge in [-0.25, -0.2) is 4.79 Å². The van der Waals surface area contributed by atoms with E-state index in [2.05, 4.69) is 0 Å². The van der Waals surface area contributed by atoms with Crippen molar-refractivity contribution < 1.29 is 47.8 Å². The minimum absolute atomic E-state index is 0.0675. The van der Waals surface area contributed by atoms with E-state index in [1.54, 1.807) is 14.2 Å². The second kappa shape index (κ2) is 26.6. The van der Waals surface area contributed by atoms with Crippen molar-refractivity contribution in [1.29, 1.82) is 0 Å². The highest BCUT2D eigenvalue weighted by Crippen LogP contribution is 2.00. The second-order valence-corrected chi connectivity index (χ2v) is 6.36. The Hall–Kier alpha value is -1.63. The van der Waals surface area contributed by atoms with Crippen LogP contribution in [-0.2, 0) is 49.3 Å². The number of hydrogen-bond donors (Lipinski definition) is 1. The van der Waals surface area contributed by atoms with Gasteiger partial charge in [0.25, 0.3) is 0 Å². The van der Waals surface area contributed by atoms with Crippen molar-refractivity contribution in [1.82, 2.24) is 0 Å². The number of aliphatic hydroxyl groups is 1. The number of hydrogen-bond acceptors (Lipinski definition) is 10. The smallest absolute Gasteiger partial charge is 0.332 e. The fourth-order valence-electron chi connectivity index (χ4n) is 2.05. The first kappa shape index (κ1) is 31.4. The molecular formula is C23H40O10. The molecule has 0 aromatic heterocycles. The molecule has 0 saturated carbocycles. The quantitative estimate of drug-likeness (QED) is 0.204. The number of carbonyl (C=O) groups excluding carboxylic acids is 1. The van der Waals surface area contributed by atoms with Crippen LogP contribution in [0.25, 0.3) is 0 Å². The average molecular weight is 477 g/mol. The van der Waals surface area contributed by atoms with Gasteiger partial charge in [0.15, 0.2) is 0 Å². The summed E-state index contributed by atoms with van der Waals surface area (Å²) < 4.78 is 40.4. The van der Waals surface area contributed by atoms with Crippen LogP contribution in [0.15, 0.2) is 30.3 Å². The van der Waals surface area contributed by atoms with Gasteiger partial charge in [0.2, 0.25) is 0 Å². The van der Waals surface area contributed by atoms with Crippen LogP contribution in [0, 0.1) is 0 Å². The Morgan fingerprint density at radius 1 is 0.667 bits per heavy atom. The second-order valence-electron chi connectivity index (χ2n) is 6.36. The van der Waals surface area contributed by atoms with E-state index >= 15 is 0 Å². The van der Waals surface area contributed by atoms with Gasteiger partial charge >= 0.3 is 5.97 Å². The van der Waals surface area contributed by atoms with Crippen molar-refractivity contribution in [3.63, 3.8) is 0 Å². The van der Waals surface area contributed by atoms with Gasteiger partial charge in [0.05, 0.1) is 79.3 Å². The summed E-state index contributed by atoms with van der Waals surface area (Å²) in [4.78, 5) is 11.4. The summed E-state index contributed by atoms with van der Waals surface area (Å²) in [5.74, 6) is -0.383. The van der Waals surface area contributed by atoms with Crippen molar-refractivity contribution >= 4 is 5.97 Å². The van der Waals surface area contributed by atoms with Gasteiger partial charge < -0.3 is 43.0 Å². The summed E-state index contributed by atoms with van der Waals surface area (Å²) in [5.41, 5.74) is 0.952. The van der Waals surface area contributed by atoms with E-state index in [1.165, 1.54) is 0 Å². The molecule has 1 rings (SSSR count). The molecule has 0 aliphatic rings.